The lowest BCUT2D eigenvalue weighted by molar-refractivity contribution is 0.199. The third-order valence-electron chi connectivity index (χ3n) is 3.41. The molecule has 2 rings (SSSR count). The Morgan fingerprint density at radius 2 is 1.95 bits per heavy atom. The van der Waals surface area contributed by atoms with Crippen molar-refractivity contribution in [2.45, 2.75) is 19.9 Å². The van der Waals surface area contributed by atoms with Crippen LogP contribution in [0.5, 0.6) is 5.75 Å². The second-order valence-corrected chi connectivity index (χ2v) is 4.75. The van der Waals surface area contributed by atoms with Crippen molar-refractivity contribution in [3.8, 4) is 11.4 Å². The average Bonchev–Trinajstić information content (AvgIpc) is 2.94. The SMILES string of the molecule is CCc1c(CNCCOC)cnn1-c1ccc(OC)cc1. The summed E-state index contributed by atoms with van der Waals surface area (Å²) in [5, 5.41) is 7.88. The predicted octanol–water partition coefficient (Wildman–Crippen LogP) is 2.18. The van der Waals surface area contributed by atoms with E-state index < -0.39 is 0 Å². The first-order valence-corrected chi connectivity index (χ1v) is 7.20. The van der Waals surface area contributed by atoms with Crippen molar-refractivity contribution in [3.63, 3.8) is 0 Å². The molecule has 5 nitrogen and oxygen atoms in total. The lowest BCUT2D eigenvalue weighted by Gasteiger charge is -2.09. The molecule has 1 heterocycles. The zero-order valence-electron chi connectivity index (χ0n) is 12.9. The summed E-state index contributed by atoms with van der Waals surface area (Å²) in [6.45, 7) is 4.51. The number of hydrogen-bond donors (Lipinski definition) is 1. The van der Waals surface area contributed by atoms with E-state index >= 15 is 0 Å². The predicted molar refractivity (Wildman–Crippen MR) is 83.1 cm³/mol. The lowest BCUT2D eigenvalue weighted by Crippen LogP contribution is -2.19. The van der Waals surface area contributed by atoms with Crippen molar-refractivity contribution in [1.82, 2.24) is 15.1 Å². The van der Waals surface area contributed by atoms with Crippen LogP contribution in [0.4, 0.5) is 0 Å². The van der Waals surface area contributed by atoms with Gasteiger partial charge in [-0.2, -0.15) is 5.10 Å². The molecule has 114 valence electrons. The number of benzene rings is 1. The fourth-order valence-electron chi connectivity index (χ4n) is 2.28. The molecule has 1 N–H and O–H groups in total. The average molecular weight is 289 g/mol. The zero-order valence-corrected chi connectivity index (χ0v) is 12.9. The van der Waals surface area contributed by atoms with Gasteiger partial charge in [0, 0.05) is 31.5 Å². The minimum absolute atomic E-state index is 0.716. The van der Waals surface area contributed by atoms with E-state index in [9.17, 15) is 0 Å². The first kappa shape index (κ1) is 15.5. The minimum Gasteiger partial charge on any atom is -0.497 e. The highest BCUT2D eigenvalue weighted by Gasteiger charge is 2.10. The highest BCUT2D eigenvalue weighted by atomic mass is 16.5. The van der Waals surface area contributed by atoms with Gasteiger partial charge in [-0.1, -0.05) is 6.92 Å². The number of rotatable bonds is 8. The third kappa shape index (κ3) is 3.83. The quantitative estimate of drug-likeness (QED) is 0.757. The van der Waals surface area contributed by atoms with Crippen molar-refractivity contribution in [3.05, 3.63) is 41.7 Å². The second kappa shape index (κ2) is 7.81. The summed E-state index contributed by atoms with van der Waals surface area (Å²) < 4.78 is 12.2. The fraction of sp³-hybridized carbons (Fsp3) is 0.438. The first-order valence-electron chi connectivity index (χ1n) is 7.20. The molecule has 1 aromatic heterocycles. The van der Waals surface area contributed by atoms with E-state index in [1.807, 2.05) is 35.1 Å². The van der Waals surface area contributed by atoms with Crippen LogP contribution in [-0.4, -0.2) is 37.2 Å². The third-order valence-corrected chi connectivity index (χ3v) is 3.41. The van der Waals surface area contributed by atoms with E-state index in [-0.39, 0.29) is 0 Å². The molecule has 0 bridgehead atoms. The number of aromatic nitrogens is 2. The summed E-state index contributed by atoms with van der Waals surface area (Å²) >= 11 is 0. The van der Waals surface area contributed by atoms with E-state index in [4.69, 9.17) is 9.47 Å². The van der Waals surface area contributed by atoms with Crippen LogP contribution < -0.4 is 10.1 Å². The zero-order chi connectivity index (χ0) is 15.1. The monoisotopic (exact) mass is 289 g/mol. The Bertz CT molecular complexity index is 549. The molecule has 0 aliphatic heterocycles. The maximum Gasteiger partial charge on any atom is 0.119 e. The van der Waals surface area contributed by atoms with E-state index in [1.54, 1.807) is 14.2 Å². The number of nitrogens with one attached hydrogen (secondary N) is 1. The molecular formula is C16H23N3O2. The Kier molecular flexibility index (Phi) is 5.78. The molecule has 0 atom stereocenters. The van der Waals surface area contributed by atoms with Gasteiger partial charge in [0.1, 0.15) is 5.75 Å². The van der Waals surface area contributed by atoms with Gasteiger partial charge in [0.2, 0.25) is 0 Å². The maximum atomic E-state index is 5.19. The molecule has 0 spiro atoms. The van der Waals surface area contributed by atoms with Crippen LogP contribution in [0.2, 0.25) is 0 Å². The van der Waals surface area contributed by atoms with Crippen molar-refractivity contribution < 1.29 is 9.47 Å². The van der Waals surface area contributed by atoms with E-state index in [0.717, 1.165) is 30.9 Å². The highest BCUT2D eigenvalue weighted by molar-refractivity contribution is 5.39. The van der Waals surface area contributed by atoms with Crippen LogP contribution in [0.1, 0.15) is 18.2 Å². The van der Waals surface area contributed by atoms with Crippen LogP contribution in [0.3, 0.4) is 0 Å². The van der Waals surface area contributed by atoms with Gasteiger partial charge in [-0.25, -0.2) is 4.68 Å². The highest BCUT2D eigenvalue weighted by Crippen LogP contribution is 2.18. The Labute approximate surface area is 125 Å². The molecule has 0 radical (unpaired) electrons. The summed E-state index contributed by atoms with van der Waals surface area (Å²) in [5.74, 6) is 0.852. The van der Waals surface area contributed by atoms with Gasteiger partial charge >= 0.3 is 0 Å². The molecule has 0 amide bonds. The summed E-state index contributed by atoms with van der Waals surface area (Å²) in [6, 6.07) is 7.94. The van der Waals surface area contributed by atoms with Crippen LogP contribution in [0.25, 0.3) is 5.69 Å². The van der Waals surface area contributed by atoms with E-state index in [2.05, 4.69) is 17.3 Å². The summed E-state index contributed by atoms with van der Waals surface area (Å²) in [6.07, 6.45) is 2.87. The van der Waals surface area contributed by atoms with Crippen molar-refractivity contribution in [2.75, 3.05) is 27.4 Å². The molecule has 2 aromatic rings. The lowest BCUT2D eigenvalue weighted by atomic mass is 10.2. The van der Waals surface area contributed by atoms with Gasteiger partial charge in [0.25, 0.3) is 0 Å². The summed E-state index contributed by atoms with van der Waals surface area (Å²) in [7, 11) is 3.38. The molecule has 0 aliphatic rings. The van der Waals surface area contributed by atoms with Gasteiger partial charge in [-0.15, -0.1) is 0 Å². The Hall–Kier alpha value is -1.85. The minimum atomic E-state index is 0.716. The van der Waals surface area contributed by atoms with Crippen molar-refractivity contribution in [2.24, 2.45) is 0 Å². The molecule has 0 fully saturated rings. The smallest absolute Gasteiger partial charge is 0.119 e. The normalized spacial score (nSPS) is 10.8. The second-order valence-electron chi connectivity index (χ2n) is 4.75. The number of ether oxygens (including phenoxy) is 2. The molecule has 0 aliphatic carbocycles. The van der Waals surface area contributed by atoms with Crippen LogP contribution >= 0.6 is 0 Å². The Balaban J connectivity index is 2.14. The molecule has 0 unspecified atom stereocenters. The van der Waals surface area contributed by atoms with E-state index in [1.165, 1.54) is 11.3 Å². The van der Waals surface area contributed by atoms with Gasteiger partial charge in [-0.05, 0) is 30.7 Å². The van der Waals surface area contributed by atoms with E-state index in [0.29, 0.717) is 6.61 Å². The molecule has 21 heavy (non-hydrogen) atoms. The standard InChI is InChI=1S/C16H23N3O2/c1-4-16-13(11-17-9-10-20-2)12-18-19(16)14-5-7-15(21-3)8-6-14/h5-8,12,17H,4,9-11H2,1-3H3. The van der Waals surface area contributed by atoms with Gasteiger partial charge in [-0.3, -0.25) is 0 Å². The van der Waals surface area contributed by atoms with Gasteiger partial charge in [0.05, 0.1) is 25.6 Å². The van der Waals surface area contributed by atoms with Crippen LogP contribution in [0.15, 0.2) is 30.5 Å². The topological polar surface area (TPSA) is 48.3 Å². The number of nitrogens with zero attached hydrogens (tertiary/aromatic N) is 2. The maximum absolute atomic E-state index is 5.19. The molecular weight excluding hydrogens is 266 g/mol. The first-order chi connectivity index (χ1) is 10.3. The fourth-order valence-corrected chi connectivity index (χ4v) is 2.28. The number of hydrogen-bond acceptors (Lipinski definition) is 4. The summed E-state index contributed by atoms with van der Waals surface area (Å²) in [5.41, 5.74) is 3.50. The summed E-state index contributed by atoms with van der Waals surface area (Å²) in [4.78, 5) is 0. The van der Waals surface area contributed by atoms with Gasteiger partial charge < -0.3 is 14.8 Å². The molecule has 1 aromatic carbocycles. The Morgan fingerprint density at radius 1 is 1.19 bits per heavy atom. The molecule has 5 heteroatoms. The Morgan fingerprint density at radius 3 is 2.57 bits per heavy atom. The largest absolute Gasteiger partial charge is 0.497 e. The van der Waals surface area contributed by atoms with Crippen molar-refractivity contribution >= 4 is 0 Å². The number of methoxy groups -OCH3 is 2. The molecule has 0 saturated heterocycles. The van der Waals surface area contributed by atoms with Crippen molar-refractivity contribution in [1.29, 1.82) is 0 Å². The van der Waals surface area contributed by atoms with Gasteiger partial charge in [0.15, 0.2) is 0 Å². The van der Waals surface area contributed by atoms with Crippen LogP contribution in [-0.2, 0) is 17.7 Å². The van der Waals surface area contributed by atoms with Crippen LogP contribution in [0, 0.1) is 0 Å². The molecule has 0 saturated carbocycles.